The molecular formula is C15H22ClN3O2S. The predicted molar refractivity (Wildman–Crippen MR) is 88.0 cm³/mol. The first-order valence-electron chi connectivity index (χ1n) is 7.68. The van der Waals surface area contributed by atoms with E-state index in [-0.39, 0.29) is 6.04 Å². The monoisotopic (exact) mass is 343 g/mol. The number of benzene rings is 1. The fourth-order valence-electron chi connectivity index (χ4n) is 2.90. The molecule has 1 aliphatic heterocycles. The molecule has 0 bridgehead atoms. The maximum absolute atomic E-state index is 12.9. The lowest BCUT2D eigenvalue weighted by molar-refractivity contribution is 0.251. The summed E-state index contributed by atoms with van der Waals surface area (Å²) in [5, 5.41) is 3.91. The van der Waals surface area contributed by atoms with Crippen LogP contribution in [0.2, 0.25) is 5.02 Å². The van der Waals surface area contributed by atoms with Crippen molar-refractivity contribution in [3.8, 4) is 0 Å². The van der Waals surface area contributed by atoms with Crippen LogP contribution in [0.15, 0.2) is 24.3 Å². The van der Waals surface area contributed by atoms with Crippen molar-refractivity contribution in [3.05, 3.63) is 34.9 Å². The SMILES string of the molecule is CN(CC1CC1)S(=O)(=O)N1CCNCC1c1cccc(Cl)c1. The normalized spacial score (nSPS) is 23.9. The number of piperazine rings is 1. The lowest BCUT2D eigenvalue weighted by Crippen LogP contribution is -2.52. The van der Waals surface area contributed by atoms with Gasteiger partial charge in [0.1, 0.15) is 0 Å². The number of rotatable bonds is 5. The predicted octanol–water partition coefficient (Wildman–Crippen LogP) is 1.87. The highest BCUT2D eigenvalue weighted by atomic mass is 35.5. The van der Waals surface area contributed by atoms with Crippen molar-refractivity contribution >= 4 is 21.8 Å². The van der Waals surface area contributed by atoms with Gasteiger partial charge < -0.3 is 5.32 Å². The van der Waals surface area contributed by atoms with E-state index >= 15 is 0 Å². The van der Waals surface area contributed by atoms with Crippen molar-refractivity contribution in [1.29, 1.82) is 0 Å². The minimum Gasteiger partial charge on any atom is -0.313 e. The minimum atomic E-state index is -3.44. The van der Waals surface area contributed by atoms with Crippen LogP contribution in [0.1, 0.15) is 24.4 Å². The van der Waals surface area contributed by atoms with Crippen molar-refractivity contribution in [2.45, 2.75) is 18.9 Å². The van der Waals surface area contributed by atoms with Gasteiger partial charge in [-0.2, -0.15) is 17.0 Å². The first-order valence-corrected chi connectivity index (χ1v) is 9.45. The molecule has 0 amide bonds. The molecule has 0 aromatic heterocycles. The van der Waals surface area contributed by atoms with Gasteiger partial charge in [-0.25, -0.2) is 0 Å². The molecule has 1 unspecified atom stereocenters. The Kier molecular flexibility index (Phi) is 4.75. The Morgan fingerprint density at radius 3 is 2.86 bits per heavy atom. The number of nitrogens with zero attached hydrogens (tertiary/aromatic N) is 2. The maximum atomic E-state index is 12.9. The molecule has 1 saturated carbocycles. The maximum Gasteiger partial charge on any atom is 0.282 e. The molecule has 1 aromatic carbocycles. The number of hydrogen-bond donors (Lipinski definition) is 1. The zero-order valence-electron chi connectivity index (χ0n) is 12.7. The van der Waals surface area contributed by atoms with Crippen LogP contribution < -0.4 is 5.32 Å². The van der Waals surface area contributed by atoms with Gasteiger partial charge in [-0.15, -0.1) is 0 Å². The van der Waals surface area contributed by atoms with Crippen LogP contribution in [-0.4, -0.2) is 50.3 Å². The molecule has 3 rings (SSSR count). The molecule has 1 aromatic rings. The number of nitrogens with one attached hydrogen (secondary N) is 1. The van der Waals surface area contributed by atoms with Gasteiger partial charge in [-0.05, 0) is 36.5 Å². The lowest BCUT2D eigenvalue weighted by atomic mass is 10.1. The van der Waals surface area contributed by atoms with Crippen LogP contribution in [0, 0.1) is 5.92 Å². The zero-order chi connectivity index (χ0) is 15.7. The van der Waals surface area contributed by atoms with E-state index in [2.05, 4.69) is 5.32 Å². The third kappa shape index (κ3) is 3.46. The molecule has 7 heteroatoms. The summed E-state index contributed by atoms with van der Waals surface area (Å²) in [6.45, 7) is 2.38. The quantitative estimate of drug-likeness (QED) is 0.888. The number of halogens is 1. The summed E-state index contributed by atoms with van der Waals surface area (Å²) in [7, 11) is -1.76. The van der Waals surface area contributed by atoms with Crippen LogP contribution in [0.5, 0.6) is 0 Å². The van der Waals surface area contributed by atoms with E-state index < -0.39 is 10.2 Å². The fraction of sp³-hybridized carbons (Fsp3) is 0.600. The van der Waals surface area contributed by atoms with Crippen LogP contribution in [0.3, 0.4) is 0 Å². The van der Waals surface area contributed by atoms with Gasteiger partial charge in [0.15, 0.2) is 0 Å². The number of hydrogen-bond acceptors (Lipinski definition) is 3. The van der Waals surface area contributed by atoms with E-state index in [1.807, 2.05) is 18.2 Å². The molecule has 1 atom stereocenters. The first-order chi connectivity index (χ1) is 10.5. The summed E-state index contributed by atoms with van der Waals surface area (Å²) in [5.74, 6) is 0.535. The van der Waals surface area contributed by atoms with Crippen LogP contribution in [0.4, 0.5) is 0 Å². The Morgan fingerprint density at radius 1 is 1.41 bits per heavy atom. The molecule has 22 heavy (non-hydrogen) atoms. The lowest BCUT2D eigenvalue weighted by Gasteiger charge is -2.37. The van der Waals surface area contributed by atoms with E-state index in [1.165, 1.54) is 4.31 Å². The van der Waals surface area contributed by atoms with Crippen molar-refractivity contribution in [2.75, 3.05) is 33.2 Å². The average molecular weight is 344 g/mol. The molecule has 0 radical (unpaired) electrons. The molecule has 1 heterocycles. The van der Waals surface area contributed by atoms with E-state index in [0.29, 0.717) is 37.1 Å². The average Bonchev–Trinajstić information content (AvgIpc) is 3.31. The highest BCUT2D eigenvalue weighted by Gasteiger charge is 2.37. The molecule has 122 valence electrons. The highest BCUT2D eigenvalue weighted by molar-refractivity contribution is 7.86. The van der Waals surface area contributed by atoms with E-state index in [9.17, 15) is 8.42 Å². The smallest absolute Gasteiger partial charge is 0.282 e. The van der Waals surface area contributed by atoms with Gasteiger partial charge in [0.05, 0.1) is 6.04 Å². The van der Waals surface area contributed by atoms with Gasteiger partial charge >= 0.3 is 0 Å². The van der Waals surface area contributed by atoms with Crippen LogP contribution in [-0.2, 0) is 10.2 Å². The summed E-state index contributed by atoms with van der Waals surface area (Å²) in [4.78, 5) is 0. The largest absolute Gasteiger partial charge is 0.313 e. The molecule has 2 aliphatic rings. The molecule has 1 N–H and O–H groups in total. The standard InChI is InChI=1S/C15H22ClN3O2S/c1-18(11-12-5-6-12)22(20,21)19-8-7-17-10-15(19)13-3-2-4-14(16)9-13/h2-4,9,12,15,17H,5-8,10-11H2,1H3. The van der Waals surface area contributed by atoms with Crippen molar-refractivity contribution in [3.63, 3.8) is 0 Å². The molecule has 1 saturated heterocycles. The molecule has 5 nitrogen and oxygen atoms in total. The molecular weight excluding hydrogens is 322 g/mol. The van der Waals surface area contributed by atoms with Crippen LogP contribution >= 0.6 is 11.6 Å². The summed E-state index contributed by atoms with van der Waals surface area (Å²) in [6, 6.07) is 7.25. The summed E-state index contributed by atoms with van der Waals surface area (Å²) in [5.41, 5.74) is 0.933. The van der Waals surface area contributed by atoms with E-state index in [1.54, 1.807) is 17.4 Å². The Labute approximate surface area is 137 Å². The zero-order valence-corrected chi connectivity index (χ0v) is 14.3. The van der Waals surface area contributed by atoms with Gasteiger partial charge in [0, 0.05) is 38.2 Å². The second-order valence-corrected chi connectivity index (χ2v) is 8.54. The highest BCUT2D eigenvalue weighted by Crippen LogP contribution is 2.32. The van der Waals surface area contributed by atoms with Crippen molar-refractivity contribution < 1.29 is 8.42 Å². The van der Waals surface area contributed by atoms with Gasteiger partial charge in [-0.3, -0.25) is 0 Å². The summed E-state index contributed by atoms with van der Waals surface area (Å²) in [6.07, 6.45) is 2.28. The van der Waals surface area contributed by atoms with E-state index in [0.717, 1.165) is 18.4 Å². The summed E-state index contributed by atoms with van der Waals surface area (Å²) < 4.78 is 28.9. The fourth-order valence-corrected chi connectivity index (χ4v) is 4.69. The molecule has 2 fully saturated rings. The first kappa shape index (κ1) is 16.2. The van der Waals surface area contributed by atoms with Gasteiger partial charge in [0.2, 0.25) is 0 Å². The second kappa shape index (κ2) is 6.45. The Hall–Kier alpha value is -0.660. The van der Waals surface area contributed by atoms with E-state index in [4.69, 9.17) is 11.6 Å². The Morgan fingerprint density at radius 2 is 2.18 bits per heavy atom. The topological polar surface area (TPSA) is 52.7 Å². The third-order valence-electron chi connectivity index (χ3n) is 4.33. The minimum absolute atomic E-state index is 0.209. The van der Waals surface area contributed by atoms with Crippen molar-refractivity contribution in [1.82, 2.24) is 13.9 Å². The third-order valence-corrected chi connectivity index (χ3v) is 6.53. The summed E-state index contributed by atoms with van der Waals surface area (Å²) >= 11 is 6.07. The molecule has 1 aliphatic carbocycles. The van der Waals surface area contributed by atoms with Crippen molar-refractivity contribution in [2.24, 2.45) is 5.92 Å². The van der Waals surface area contributed by atoms with Crippen LogP contribution in [0.25, 0.3) is 0 Å². The van der Waals surface area contributed by atoms with Gasteiger partial charge in [-0.1, -0.05) is 23.7 Å². The second-order valence-electron chi connectivity index (χ2n) is 6.12. The molecule has 0 spiro atoms. The Bertz CT molecular complexity index is 633. The Balaban J connectivity index is 1.85. The van der Waals surface area contributed by atoms with Gasteiger partial charge in [0.25, 0.3) is 10.2 Å².